The molecule has 1 atom stereocenters. The van der Waals surface area contributed by atoms with Crippen LogP contribution < -0.4 is 4.90 Å². The number of amides is 1. The third-order valence-electron chi connectivity index (χ3n) is 2.78. The van der Waals surface area contributed by atoms with E-state index >= 15 is 0 Å². The highest BCUT2D eigenvalue weighted by Gasteiger charge is 2.32. The topological polar surface area (TPSA) is 95.1 Å². The van der Waals surface area contributed by atoms with Gasteiger partial charge in [0.2, 0.25) is 11.8 Å². The fourth-order valence-corrected chi connectivity index (χ4v) is 1.86. The van der Waals surface area contributed by atoms with Crippen LogP contribution in [0.5, 0.6) is 0 Å². The van der Waals surface area contributed by atoms with Gasteiger partial charge in [-0.3, -0.25) is 9.69 Å². The van der Waals surface area contributed by atoms with Crippen LogP contribution in [0.1, 0.15) is 19.0 Å². The summed E-state index contributed by atoms with van der Waals surface area (Å²) >= 11 is 0. The maximum atomic E-state index is 11.7. The minimum Gasteiger partial charge on any atom is -0.338 e. The molecule has 0 aliphatic carbocycles. The third-order valence-corrected chi connectivity index (χ3v) is 2.78. The molecule has 2 heterocycles. The molecular weight excluding hydrogens is 222 g/mol. The van der Waals surface area contributed by atoms with Gasteiger partial charge in [0.1, 0.15) is 0 Å². The van der Waals surface area contributed by atoms with Crippen molar-refractivity contribution >= 4 is 11.8 Å². The zero-order chi connectivity index (χ0) is 12.3. The predicted octanol–water partition coefficient (Wildman–Crippen LogP) is 1.90. The Labute approximate surface area is 98.0 Å². The lowest BCUT2D eigenvalue weighted by atomic mass is 10.1. The summed E-state index contributed by atoms with van der Waals surface area (Å²) in [6, 6.07) is 1.77. The second-order valence-electron chi connectivity index (χ2n) is 4.00. The second kappa shape index (κ2) is 4.88. The van der Waals surface area contributed by atoms with E-state index in [9.17, 15) is 4.79 Å². The number of hydrogen-bond acceptors (Lipinski definition) is 4. The molecule has 2 rings (SSSR count). The fourth-order valence-electron chi connectivity index (χ4n) is 1.86. The molecule has 17 heavy (non-hydrogen) atoms. The van der Waals surface area contributed by atoms with Gasteiger partial charge in [0.15, 0.2) is 0 Å². The smallest absolute Gasteiger partial charge is 0.234 e. The van der Waals surface area contributed by atoms with Crippen molar-refractivity contribution in [3.8, 4) is 0 Å². The van der Waals surface area contributed by atoms with Gasteiger partial charge in [-0.25, -0.2) is 0 Å². The molecule has 7 nitrogen and oxygen atoms in total. The van der Waals surface area contributed by atoms with E-state index in [-0.39, 0.29) is 11.8 Å². The molecule has 1 fully saturated rings. The van der Waals surface area contributed by atoms with Crippen molar-refractivity contribution in [2.75, 3.05) is 18.0 Å². The van der Waals surface area contributed by atoms with Crippen molar-refractivity contribution < 1.29 is 9.32 Å². The summed E-state index contributed by atoms with van der Waals surface area (Å²) < 4.78 is 5.11. The molecule has 7 heteroatoms. The summed E-state index contributed by atoms with van der Waals surface area (Å²) in [5, 5.41) is 7.34. The maximum Gasteiger partial charge on any atom is 0.234 e. The molecule has 1 aromatic rings. The van der Waals surface area contributed by atoms with Gasteiger partial charge >= 0.3 is 0 Å². The summed E-state index contributed by atoms with van der Waals surface area (Å²) in [5.41, 5.74) is 9.07. The van der Waals surface area contributed by atoms with Crippen LogP contribution in [-0.2, 0) is 11.2 Å². The normalized spacial score (nSPS) is 19.5. The first-order chi connectivity index (χ1) is 8.24. The van der Waals surface area contributed by atoms with Crippen LogP contribution in [0.2, 0.25) is 0 Å². The molecule has 1 amide bonds. The highest BCUT2D eigenvalue weighted by molar-refractivity contribution is 5.94. The Morgan fingerprint density at radius 2 is 2.59 bits per heavy atom. The van der Waals surface area contributed by atoms with Crippen molar-refractivity contribution in [1.82, 2.24) is 5.16 Å². The molecule has 1 saturated heterocycles. The molecule has 0 radical (unpaired) electrons. The van der Waals surface area contributed by atoms with Crippen molar-refractivity contribution in [1.29, 1.82) is 0 Å². The molecule has 0 bridgehead atoms. The molecule has 90 valence electrons. The van der Waals surface area contributed by atoms with E-state index in [1.54, 1.807) is 11.0 Å². The van der Waals surface area contributed by atoms with Gasteiger partial charge in [-0.2, -0.15) is 0 Å². The van der Waals surface area contributed by atoms with Gasteiger partial charge in [0.25, 0.3) is 0 Å². The average molecular weight is 235 g/mol. The van der Waals surface area contributed by atoms with E-state index < -0.39 is 0 Å². The Balaban J connectivity index is 2.07. The minimum atomic E-state index is -0.0121. The van der Waals surface area contributed by atoms with Gasteiger partial charge in [0.05, 0.1) is 5.69 Å². The molecule has 0 aromatic carbocycles. The number of rotatable bonds is 4. The number of carbonyl (C=O) groups is 1. The quantitative estimate of drug-likeness (QED) is 0.453. The van der Waals surface area contributed by atoms with Crippen molar-refractivity contribution in [2.24, 2.45) is 11.0 Å². The van der Waals surface area contributed by atoms with E-state index in [0.717, 1.165) is 12.1 Å². The monoisotopic (exact) mass is 235 g/mol. The molecule has 1 unspecified atom stereocenters. The summed E-state index contributed by atoms with van der Waals surface area (Å²) in [6.45, 7) is 2.83. The van der Waals surface area contributed by atoms with E-state index in [4.69, 9.17) is 10.1 Å². The molecular formula is C10H13N5O2. The Bertz CT molecular complexity index is 463. The summed E-state index contributed by atoms with van der Waals surface area (Å²) in [5.74, 6) is 0.533. The number of aromatic nitrogens is 1. The van der Waals surface area contributed by atoms with Crippen LogP contribution in [0, 0.1) is 5.92 Å². The highest BCUT2D eigenvalue weighted by atomic mass is 16.5. The van der Waals surface area contributed by atoms with E-state index in [0.29, 0.717) is 25.4 Å². The first-order valence-electron chi connectivity index (χ1n) is 5.51. The largest absolute Gasteiger partial charge is 0.338 e. The van der Waals surface area contributed by atoms with Crippen molar-refractivity contribution in [2.45, 2.75) is 19.8 Å². The summed E-state index contributed by atoms with van der Waals surface area (Å²) in [6.07, 6.45) is 1.16. The minimum absolute atomic E-state index is 0.0121. The predicted molar refractivity (Wildman–Crippen MR) is 60.4 cm³/mol. The second-order valence-corrected chi connectivity index (χ2v) is 4.00. The van der Waals surface area contributed by atoms with Gasteiger partial charge in [-0.1, -0.05) is 17.2 Å². The Hall–Kier alpha value is -2.01. The van der Waals surface area contributed by atoms with Crippen molar-refractivity contribution in [3.05, 3.63) is 22.2 Å². The van der Waals surface area contributed by atoms with Crippen LogP contribution in [0.3, 0.4) is 0 Å². The molecule has 0 N–H and O–H groups in total. The Morgan fingerprint density at radius 1 is 1.76 bits per heavy atom. The lowest BCUT2D eigenvalue weighted by Gasteiger charge is -2.10. The number of azide groups is 1. The van der Waals surface area contributed by atoms with Crippen LogP contribution in [0.25, 0.3) is 10.4 Å². The zero-order valence-corrected chi connectivity index (χ0v) is 9.54. The van der Waals surface area contributed by atoms with Gasteiger partial charge in [0, 0.05) is 30.5 Å². The number of aryl methyl sites for hydroxylation is 1. The van der Waals surface area contributed by atoms with Crippen LogP contribution in [0.4, 0.5) is 5.88 Å². The van der Waals surface area contributed by atoms with Crippen LogP contribution in [-0.4, -0.2) is 24.2 Å². The molecule has 1 aliphatic heterocycles. The third kappa shape index (κ3) is 2.39. The number of nitrogens with zero attached hydrogens (tertiary/aromatic N) is 5. The van der Waals surface area contributed by atoms with Gasteiger partial charge in [-0.15, -0.1) is 0 Å². The van der Waals surface area contributed by atoms with E-state index in [1.165, 1.54) is 0 Å². The molecule has 0 saturated carbocycles. The summed E-state index contributed by atoms with van der Waals surface area (Å²) in [4.78, 5) is 16.0. The first kappa shape index (κ1) is 11.5. The lowest BCUT2D eigenvalue weighted by molar-refractivity contribution is -0.117. The standard InChI is InChI=1S/C10H13N5O2/c1-2-8-4-10(17-13-8)15-6-7(3-9(15)16)5-12-14-11/h4,7H,2-3,5-6H2,1H3. The van der Waals surface area contributed by atoms with Crippen LogP contribution >= 0.6 is 0 Å². The van der Waals surface area contributed by atoms with E-state index in [1.807, 2.05) is 6.92 Å². The Kier molecular flexibility index (Phi) is 3.30. The Morgan fingerprint density at radius 3 is 3.24 bits per heavy atom. The zero-order valence-electron chi connectivity index (χ0n) is 9.54. The van der Waals surface area contributed by atoms with E-state index in [2.05, 4.69) is 15.2 Å². The van der Waals surface area contributed by atoms with Gasteiger partial charge < -0.3 is 4.52 Å². The van der Waals surface area contributed by atoms with Crippen LogP contribution in [0.15, 0.2) is 15.7 Å². The maximum absolute atomic E-state index is 11.7. The molecule has 1 aromatic heterocycles. The number of hydrogen-bond donors (Lipinski definition) is 0. The number of carbonyl (C=O) groups excluding carboxylic acids is 1. The summed E-state index contributed by atoms with van der Waals surface area (Å²) in [7, 11) is 0. The highest BCUT2D eigenvalue weighted by Crippen LogP contribution is 2.25. The first-order valence-corrected chi connectivity index (χ1v) is 5.51. The fraction of sp³-hybridized carbons (Fsp3) is 0.600. The van der Waals surface area contributed by atoms with Crippen molar-refractivity contribution in [3.63, 3.8) is 0 Å². The number of anilines is 1. The molecule has 1 aliphatic rings. The molecule has 0 spiro atoms. The van der Waals surface area contributed by atoms with Gasteiger partial charge in [-0.05, 0) is 17.9 Å². The lowest BCUT2D eigenvalue weighted by Crippen LogP contribution is -2.24. The average Bonchev–Trinajstić information content (AvgIpc) is 2.92. The SMILES string of the molecule is CCc1cc(N2CC(CN=[N+]=[N-])CC2=O)on1.